The molecule has 0 spiro atoms. The fraction of sp³-hybridized carbons (Fsp3) is 0.471. The Hall–Kier alpha value is -1.95. The second kappa shape index (κ2) is 5.60. The molecule has 0 aromatic carbocycles. The number of fused-ring (bicyclic) bond motifs is 1. The van der Waals surface area contributed by atoms with Crippen LogP contribution in [0.1, 0.15) is 18.4 Å². The molecule has 0 saturated carbocycles. The number of hydrogen-bond donors (Lipinski definition) is 0. The number of likely N-dealkylation sites (tertiary alicyclic amines) is 2. The minimum Gasteiger partial charge on any atom is -0.338 e. The number of nitrogens with zero attached hydrogens (tertiary/aromatic N) is 2. The number of allylic oxidation sites excluding steroid dienone is 2. The fourth-order valence-electron chi connectivity index (χ4n) is 3.69. The average Bonchev–Trinajstić information content (AvgIpc) is 3.09. The standard InChI is InChI=1S/C17H18N2O3S/c20-15(7-11-5-6-23-10-11)18-8-12(9-18)19-16(21)13-3-1-2-4-14(13)17(19)22/h1-2,5-6,10,12-14H,3-4,7-9H2/t13-,14+. The summed E-state index contributed by atoms with van der Waals surface area (Å²) in [6, 6.07) is 1.82. The predicted octanol–water partition coefficient (Wildman–Crippen LogP) is 1.45. The van der Waals surface area contributed by atoms with Crippen molar-refractivity contribution < 1.29 is 14.4 Å². The van der Waals surface area contributed by atoms with Gasteiger partial charge in [0.15, 0.2) is 0 Å². The van der Waals surface area contributed by atoms with Crippen LogP contribution in [0, 0.1) is 11.8 Å². The number of rotatable bonds is 3. The lowest BCUT2D eigenvalue weighted by Gasteiger charge is -2.43. The summed E-state index contributed by atoms with van der Waals surface area (Å²) < 4.78 is 0. The highest BCUT2D eigenvalue weighted by Gasteiger charge is 2.52. The Kier molecular flexibility index (Phi) is 3.56. The first-order chi connectivity index (χ1) is 11.1. The minimum absolute atomic E-state index is 0.0423. The van der Waals surface area contributed by atoms with Crippen molar-refractivity contribution in [2.75, 3.05) is 13.1 Å². The molecule has 2 aliphatic heterocycles. The zero-order chi connectivity index (χ0) is 16.0. The Morgan fingerprint density at radius 3 is 2.35 bits per heavy atom. The van der Waals surface area contributed by atoms with E-state index in [1.807, 2.05) is 29.0 Å². The third-order valence-electron chi connectivity index (χ3n) is 5.06. The van der Waals surface area contributed by atoms with Gasteiger partial charge in [-0.2, -0.15) is 11.3 Å². The molecule has 6 heteroatoms. The van der Waals surface area contributed by atoms with Crippen LogP contribution in [-0.2, 0) is 20.8 Å². The van der Waals surface area contributed by atoms with Crippen LogP contribution in [0.4, 0.5) is 0 Å². The number of carbonyl (C=O) groups is 3. The van der Waals surface area contributed by atoms with Crippen LogP contribution in [0.3, 0.4) is 0 Å². The molecule has 2 fully saturated rings. The number of thiophene rings is 1. The zero-order valence-electron chi connectivity index (χ0n) is 12.7. The van der Waals surface area contributed by atoms with Gasteiger partial charge >= 0.3 is 0 Å². The smallest absolute Gasteiger partial charge is 0.233 e. The highest BCUT2D eigenvalue weighted by atomic mass is 32.1. The van der Waals surface area contributed by atoms with Crippen molar-refractivity contribution in [1.29, 1.82) is 0 Å². The lowest BCUT2D eigenvalue weighted by atomic mass is 9.85. The molecule has 120 valence electrons. The van der Waals surface area contributed by atoms with Crippen LogP contribution >= 0.6 is 11.3 Å². The molecule has 1 aliphatic carbocycles. The number of imide groups is 1. The maximum absolute atomic E-state index is 12.5. The molecular formula is C17H18N2O3S. The molecule has 3 amide bonds. The molecule has 23 heavy (non-hydrogen) atoms. The van der Waals surface area contributed by atoms with E-state index in [1.165, 1.54) is 4.90 Å². The molecule has 3 aliphatic rings. The molecule has 4 rings (SSSR count). The van der Waals surface area contributed by atoms with E-state index in [0.717, 1.165) is 5.56 Å². The molecule has 5 nitrogen and oxygen atoms in total. The van der Waals surface area contributed by atoms with Gasteiger partial charge in [-0.3, -0.25) is 19.3 Å². The molecule has 3 heterocycles. The fourth-order valence-corrected chi connectivity index (χ4v) is 4.36. The van der Waals surface area contributed by atoms with Crippen molar-refractivity contribution in [3.8, 4) is 0 Å². The monoisotopic (exact) mass is 330 g/mol. The number of carbonyl (C=O) groups excluding carboxylic acids is 3. The second-order valence-corrected chi connectivity index (χ2v) is 7.24. The van der Waals surface area contributed by atoms with Crippen molar-refractivity contribution in [1.82, 2.24) is 9.80 Å². The summed E-state index contributed by atoms with van der Waals surface area (Å²) in [5.41, 5.74) is 1.02. The minimum atomic E-state index is -0.178. The van der Waals surface area contributed by atoms with Crippen molar-refractivity contribution >= 4 is 29.1 Å². The van der Waals surface area contributed by atoms with Gasteiger partial charge in [-0.15, -0.1) is 0 Å². The van der Waals surface area contributed by atoms with E-state index < -0.39 is 0 Å². The van der Waals surface area contributed by atoms with Crippen LogP contribution in [0.25, 0.3) is 0 Å². The summed E-state index contributed by atoms with van der Waals surface area (Å²) in [6.07, 6.45) is 5.71. The summed E-state index contributed by atoms with van der Waals surface area (Å²) >= 11 is 1.58. The largest absolute Gasteiger partial charge is 0.338 e. The second-order valence-electron chi connectivity index (χ2n) is 6.46. The van der Waals surface area contributed by atoms with E-state index >= 15 is 0 Å². The molecular weight excluding hydrogens is 312 g/mol. The van der Waals surface area contributed by atoms with E-state index in [4.69, 9.17) is 0 Å². The first-order valence-corrected chi connectivity index (χ1v) is 8.90. The van der Waals surface area contributed by atoms with E-state index in [-0.39, 0.29) is 35.6 Å². The number of hydrogen-bond acceptors (Lipinski definition) is 4. The van der Waals surface area contributed by atoms with Gasteiger partial charge < -0.3 is 4.90 Å². The van der Waals surface area contributed by atoms with Crippen LogP contribution in [-0.4, -0.2) is 46.7 Å². The quantitative estimate of drug-likeness (QED) is 0.623. The summed E-state index contributed by atoms with van der Waals surface area (Å²) in [5, 5.41) is 3.93. The average molecular weight is 330 g/mol. The first-order valence-electron chi connectivity index (χ1n) is 7.96. The van der Waals surface area contributed by atoms with Crippen molar-refractivity contribution in [2.45, 2.75) is 25.3 Å². The van der Waals surface area contributed by atoms with E-state index in [9.17, 15) is 14.4 Å². The molecule has 0 N–H and O–H groups in total. The molecule has 0 radical (unpaired) electrons. The van der Waals surface area contributed by atoms with E-state index in [2.05, 4.69) is 0 Å². The first kappa shape index (κ1) is 14.6. The Labute approximate surface area is 138 Å². The Balaban J connectivity index is 1.37. The molecule has 0 bridgehead atoms. The van der Waals surface area contributed by atoms with Crippen molar-refractivity contribution in [3.63, 3.8) is 0 Å². The van der Waals surface area contributed by atoms with Crippen LogP contribution in [0.5, 0.6) is 0 Å². The van der Waals surface area contributed by atoms with Gasteiger partial charge in [-0.25, -0.2) is 0 Å². The van der Waals surface area contributed by atoms with Gasteiger partial charge in [-0.1, -0.05) is 12.2 Å². The van der Waals surface area contributed by atoms with Crippen LogP contribution in [0.15, 0.2) is 29.0 Å². The maximum Gasteiger partial charge on any atom is 0.233 e. The van der Waals surface area contributed by atoms with Crippen molar-refractivity contribution in [2.24, 2.45) is 11.8 Å². The molecule has 1 aromatic heterocycles. The van der Waals surface area contributed by atoms with E-state index in [1.54, 1.807) is 16.2 Å². The van der Waals surface area contributed by atoms with Gasteiger partial charge in [0.2, 0.25) is 17.7 Å². The third kappa shape index (κ3) is 2.41. The zero-order valence-corrected chi connectivity index (χ0v) is 13.5. The summed E-state index contributed by atoms with van der Waals surface area (Å²) in [7, 11) is 0. The molecule has 1 aromatic rings. The van der Waals surface area contributed by atoms with Crippen molar-refractivity contribution in [3.05, 3.63) is 34.5 Å². The maximum atomic E-state index is 12.5. The summed E-state index contributed by atoms with van der Waals surface area (Å²) in [4.78, 5) is 40.4. The van der Waals surface area contributed by atoms with E-state index in [0.29, 0.717) is 32.4 Å². The predicted molar refractivity (Wildman–Crippen MR) is 85.6 cm³/mol. The Morgan fingerprint density at radius 1 is 1.13 bits per heavy atom. The summed E-state index contributed by atoms with van der Waals surface area (Å²) in [6.45, 7) is 0.959. The molecule has 2 saturated heterocycles. The van der Waals surface area contributed by atoms with Gasteiger partial charge in [0.25, 0.3) is 0 Å². The normalized spacial score (nSPS) is 27.3. The van der Waals surface area contributed by atoms with Crippen LogP contribution in [0.2, 0.25) is 0 Å². The van der Waals surface area contributed by atoms with Gasteiger partial charge in [0, 0.05) is 13.1 Å². The summed E-state index contributed by atoms with van der Waals surface area (Å²) in [5.74, 6) is -0.373. The Bertz CT molecular complexity index is 650. The topological polar surface area (TPSA) is 57.7 Å². The molecule has 2 atom stereocenters. The van der Waals surface area contributed by atoms with Gasteiger partial charge in [0.1, 0.15) is 0 Å². The molecule has 0 unspecified atom stereocenters. The third-order valence-corrected chi connectivity index (χ3v) is 5.79. The lowest BCUT2D eigenvalue weighted by molar-refractivity contribution is -0.152. The van der Waals surface area contributed by atoms with Gasteiger partial charge in [-0.05, 0) is 35.2 Å². The Morgan fingerprint density at radius 2 is 1.78 bits per heavy atom. The number of amides is 3. The highest BCUT2D eigenvalue weighted by molar-refractivity contribution is 7.08. The highest BCUT2D eigenvalue weighted by Crippen LogP contribution is 2.37. The van der Waals surface area contributed by atoms with Crippen LogP contribution < -0.4 is 0 Å². The van der Waals surface area contributed by atoms with Gasteiger partial charge in [0.05, 0.1) is 24.3 Å². The lowest BCUT2D eigenvalue weighted by Crippen LogP contribution is -2.62. The SMILES string of the molecule is O=C(Cc1ccsc1)N1CC(N2C(=O)[C@H]3CC=CC[C@H]3C2=O)C1.